The second-order valence-corrected chi connectivity index (χ2v) is 4.46. The number of aromatic nitrogens is 3. The number of aromatic amines is 1. The number of benzene rings is 1. The summed E-state index contributed by atoms with van der Waals surface area (Å²) in [6, 6.07) is 9.89. The molecule has 0 aliphatic carbocycles. The molecule has 2 aromatic rings. The number of rotatable bonds is 3. The first-order chi connectivity index (χ1) is 7.63. The van der Waals surface area contributed by atoms with Crippen LogP contribution in [0, 0.1) is 0 Å². The van der Waals surface area contributed by atoms with Crippen LogP contribution in [0.15, 0.2) is 30.3 Å². The molecular weight excluding hydrogens is 200 g/mol. The number of nitrogens with zero attached hydrogens (tertiary/aromatic N) is 2. The third-order valence-corrected chi connectivity index (χ3v) is 2.67. The summed E-state index contributed by atoms with van der Waals surface area (Å²) in [5, 5.41) is 7.16. The Kier molecular flexibility index (Phi) is 2.75. The summed E-state index contributed by atoms with van der Waals surface area (Å²) in [5.74, 6) is 1.55. The topological polar surface area (TPSA) is 67.6 Å². The minimum Gasteiger partial charge on any atom is -0.329 e. The van der Waals surface area contributed by atoms with Gasteiger partial charge in [-0.15, -0.1) is 0 Å². The van der Waals surface area contributed by atoms with Crippen LogP contribution in [0.2, 0.25) is 0 Å². The van der Waals surface area contributed by atoms with Gasteiger partial charge in [0.15, 0.2) is 5.82 Å². The van der Waals surface area contributed by atoms with Gasteiger partial charge < -0.3 is 5.73 Å². The van der Waals surface area contributed by atoms with E-state index in [1.54, 1.807) is 0 Å². The van der Waals surface area contributed by atoms with Crippen molar-refractivity contribution in [3.8, 4) is 11.4 Å². The predicted molar refractivity (Wildman–Crippen MR) is 63.9 cm³/mol. The first kappa shape index (κ1) is 10.8. The molecule has 0 atom stereocenters. The van der Waals surface area contributed by atoms with Gasteiger partial charge >= 0.3 is 0 Å². The first-order valence-corrected chi connectivity index (χ1v) is 5.32. The Hall–Kier alpha value is -1.68. The lowest BCUT2D eigenvalue weighted by molar-refractivity contribution is 0.504. The Morgan fingerprint density at radius 3 is 2.56 bits per heavy atom. The van der Waals surface area contributed by atoms with Crippen LogP contribution in [0.25, 0.3) is 11.4 Å². The lowest BCUT2D eigenvalue weighted by Crippen LogP contribution is -2.29. The van der Waals surface area contributed by atoms with Crippen molar-refractivity contribution in [1.82, 2.24) is 15.2 Å². The highest BCUT2D eigenvalue weighted by Gasteiger charge is 2.23. The van der Waals surface area contributed by atoms with E-state index in [1.807, 2.05) is 44.2 Å². The lowest BCUT2D eigenvalue weighted by Gasteiger charge is -2.17. The number of nitrogens with two attached hydrogens (primary N) is 1. The Morgan fingerprint density at radius 2 is 1.94 bits per heavy atom. The first-order valence-electron chi connectivity index (χ1n) is 5.32. The summed E-state index contributed by atoms with van der Waals surface area (Å²) in [6.45, 7) is 4.63. The molecule has 0 radical (unpaired) electrons. The highest BCUT2D eigenvalue weighted by molar-refractivity contribution is 5.54. The molecule has 0 bridgehead atoms. The van der Waals surface area contributed by atoms with Crippen LogP contribution in [0.4, 0.5) is 0 Å². The monoisotopic (exact) mass is 216 g/mol. The van der Waals surface area contributed by atoms with E-state index in [-0.39, 0.29) is 5.41 Å². The Labute approximate surface area is 94.9 Å². The zero-order valence-electron chi connectivity index (χ0n) is 9.57. The fraction of sp³-hybridized carbons (Fsp3) is 0.333. The van der Waals surface area contributed by atoms with Gasteiger partial charge in [0, 0.05) is 17.5 Å². The lowest BCUT2D eigenvalue weighted by atomic mass is 9.93. The standard InChI is InChI=1S/C12H16N4/c1-12(2,8-13)11-14-10(15-16-11)9-6-4-3-5-7-9/h3-7H,8,13H2,1-2H3,(H,14,15,16). The van der Waals surface area contributed by atoms with Crippen molar-refractivity contribution in [1.29, 1.82) is 0 Å². The van der Waals surface area contributed by atoms with Crippen LogP contribution < -0.4 is 5.73 Å². The van der Waals surface area contributed by atoms with Gasteiger partial charge in [-0.25, -0.2) is 4.98 Å². The van der Waals surface area contributed by atoms with E-state index in [0.717, 1.165) is 17.2 Å². The van der Waals surface area contributed by atoms with E-state index in [0.29, 0.717) is 6.54 Å². The van der Waals surface area contributed by atoms with E-state index in [9.17, 15) is 0 Å². The highest BCUT2D eigenvalue weighted by atomic mass is 15.2. The van der Waals surface area contributed by atoms with Crippen LogP contribution in [0.5, 0.6) is 0 Å². The number of nitrogens with one attached hydrogen (secondary N) is 1. The van der Waals surface area contributed by atoms with Crippen molar-refractivity contribution in [3.63, 3.8) is 0 Å². The van der Waals surface area contributed by atoms with E-state index in [1.165, 1.54) is 0 Å². The molecular formula is C12H16N4. The second kappa shape index (κ2) is 4.06. The van der Waals surface area contributed by atoms with Crippen LogP contribution in [-0.2, 0) is 5.41 Å². The molecule has 2 rings (SSSR count). The summed E-state index contributed by atoms with van der Waals surface area (Å²) in [6.07, 6.45) is 0. The van der Waals surface area contributed by atoms with E-state index < -0.39 is 0 Å². The molecule has 3 N–H and O–H groups in total. The fourth-order valence-electron chi connectivity index (χ4n) is 1.38. The average molecular weight is 216 g/mol. The Balaban J connectivity index is 2.34. The molecule has 1 aromatic carbocycles. The van der Waals surface area contributed by atoms with Crippen molar-refractivity contribution in [2.75, 3.05) is 6.54 Å². The summed E-state index contributed by atoms with van der Waals surface area (Å²) in [5.41, 5.74) is 6.54. The van der Waals surface area contributed by atoms with E-state index in [2.05, 4.69) is 15.2 Å². The van der Waals surface area contributed by atoms with Crippen molar-refractivity contribution in [3.05, 3.63) is 36.2 Å². The molecule has 4 nitrogen and oxygen atoms in total. The molecule has 0 aliphatic rings. The van der Waals surface area contributed by atoms with Gasteiger partial charge in [0.25, 0.3) is 0 Å². The molecule has 1 aromatic heterocycles. The molecule has 0 fully saturated rings. The minimum atomic E-state index is -0.167. The van der Waals surface area contributed by atoms with Crippen LogP contribution in [0.3, 0.4) is 0 Å². The summed E-state index contributed by atoms with van der Waals surface area (Å²) in [7, 11) is 0. The van der Waals surface area contributed by atoms with Gasteiger partial charge in [0.2, 0.25) is 0 Å². The molecule has 0 spiro atoms. The van der Waals surface area contributed by atoms with Crippen molar-refractivity contribution >= 4 is 0 Å². The van der Waals surface area contributed by atoms with Crippen LogP contribution in [-0.4, -0.2) is 21.7 Å². The molecule has 16 heavy (non-hydrogen) atoms. The summed E-state index contributed by atoms with van der Waals surface area (Å²) < 4.78 is 0. The van der Waals surface area contributed by atoms with E-state index >= 15 is 0 Å². The average Bonchev–Trinajstić information content (AvgIpc) is 2.80. The van der Waals surface area contributed by atoms with E-state index in [4.69, 9.17) is 5.73 Å². The van der Waals surface area contributed by atoms with Crippen molar-refractivity contribution in [2.24, 2.45) is 5.73 Å². The number of hydrogen-bond acceptors (Lipinski definition) is 3. The molecule has 0 saturated heterocycles. The Morgan fingerprint density at radius 1 is 1.25 bits per heavy atom. The smallest absolute Gasteiger partial charge is 0.181 e. The molecule has 0 amide bonds. The van der Waals surface area contributed by atoms with Gasteiger partial charge in [-0.1, -0.05) is 44.2 Å². The predicted octanol–water partition coefficient (Wildman–Crippen LogP) is 1.71. The highest BCUT2D eigenvalue weighted by Crippen LogP contribution is 2.20. The van der Waals surface area contributed by atoms with Gasteiger partial charge in [-0.2, -0.15) is 5.10 Å². The second-order valence-electron chi connectivity index (χ2n) is 4.46. The quantitative estimate of drug-likeness (QED) is 0.820. The fourth-order valence-corrected chi connectivity index (χ4v) is 1.38. The maximum Gasteiger partial charge on any atom is 0.181 e. The Bertz CT molecular complexity index is 459. The largest absolute Gasteiger partial charge is 0.329 e. The molecule has 0 unspecified atom stereocenters. The zero-order valence-corrected chi connectivity index (χ0v) is 9.57. The molecule has 4 heteroatoms. The molecule has 0 aliphatic heterocycles. The van der Waals surface area contributed by atoms with Gasteiger partial charge in [0.05, 0.1) is 0 Å². The zero-order chi connectivity index (χ0) is 11.6. The maximum atomic E-state index is 5.70. The van der Waals surface area contributed by atoms with Gasteiger partial charge in [-0.05, 0) is 0 Å². The molecule has 1 heterocycles. The third-order valence-electron chi connectivity index (χ3n) is 2.67. The maximum absolute atomic E-state index is 5.70. The van der Waals surface area contributed by atoms with Crippen LogP contribution in [0.1, 0.15) is 19.7 Å². The van der Waals surface area contributed by atoms with Gasteiger partial charge in [0.1, 0.15) is 5.82 Å². The van der Waals surface area contributed by atoms with Gasteiger partial charge in [-0.3, -0.25) is 5.10 Å². The van der Waals surface area contributed by atoms with Crippen LogP contribution >= 0.6 is 0 Å². The third kappa shape index (κ3) is 1.97. The summed E-state index contributed by atoms with van der Waals surface area (Å²) in [4.78, 5) is 4.48. The number of H-pyrrole nitrogens is 1. The minimum absolute atomic E-state index is 0.167. The summed E-state index contributed by atoms with van der Waals surface area (Å²) >= 11 is 0. The molecule has 84 valence electrons. The van der Waals surface area contributed by atoms with Crippen molar-refractivity contribution < 1.29 is 0 Å². The number of hydrogen-bond donors (Lipinski definition) is 2. The molecule has 0 saturated carbocycles. The SMILES string of the molecule is CC(C)(CN)c1nc(-c2ccccc2)n[nH]1. The van der Waals surface area contributed by atoms with Crippen molar-refractivity contribution in [2.45, 2.75) is 19.3 Å². The normalized spacial score (nSPS) is 11.7.